The first-order valence-corrected chi connectivity index (χ1v) is 9.55. The Labute approximate surface area is 173 Å². The number of hydrogen-bond acceptors (Lipinski definition) is 6. The van der Waals surface area contributed by atoms with E-state index in [0.29, 0.717) is 46.4 Å². The first-order valence-electron chi connectivity index (χ1n) is 9.55. The van der Waals surface area contributed by atoms with Gasteiger partial charge in [-0.25, -0.2) is 0 Å². The normalized spacial score (nSPS) is 10.7. The number of ether oxygens (including phenoxy) is 6. The van der Waals surface area contributed by atoms with Crippen LogP contribution in [0.5, 0.6) is 0 Å². The van der Waals surface area contributed by atoms with E-state index in [1.54, 1.807) is 21.3 Å². The molecule has 0 saturated carbocycles. The molecule has 0 spiro atoms. The first-order chi connectivity index (χ1) is 12.3. The van der Waals surface area contributed by atoms with Gasteiger partial charge in [0.2, 0.25) is 0 Å². The van der Waals surface area contributed by atoms with Crippen LogP contribution in [0.15, 0.2) is 0 Å². The second-order valence-electron chi connectivity index (χ2n) is 6.11. The van der Waals surface area contributed by atoms with Crippen molar-refractivity contribution in [1.29, 1.82) is 0 Å². The maximum Gasteiger partial charge on any atom is 1.00 e. The second kappa shape index (κ2) is 25.4. The molecule has 0 unspecified atom stereocenters. The van der Waals surface area contributed by atoms with E-state index in [2.05, 4.69) is 0 Å². The van der Waals surface area contributed by atoms with Crippen LogP contribution in [-0.4, -0.2) is 87.5 Å². The third-order valence-electron chi connectivity index (χ3n) is 4.00. The molecule has 0 aliphatic heterocycles. The van der Waals surface area contributed by atoms with E-state index in [9.17, 15) is 0 Å². The van der Waals surface area contributed by atoms with Crippen molar-refractivity contribution in [3.05, 3.63) is 0 Å². The Morgan fingerprint density at radius 1 is 0.462 bits per heavy atom. The molecule has 0 radical (unpaired) electrons. The van der Waals surface area contributed by atoms with Gasteiger partial charge in [-0.05, 0) is 19.3 Å². The van der Waals surface area contributed by atoms with Crippen molar-refractivity contribution in [2.45, 2.75) is 38.2 Å². The van der Waals surface area contributed by atoms with E-state index in [-0.39, 0.29) is 18.9 Å². The molecule has 0 aliphatic carbocycles. The van der Waals surface area contributed by atoms with Gasteiger partial charge in [-0.15, -0.1) is 0 Å². The van der Waals surface area contributed by atoms with Crippen LogP contribution in [0.1, 0.15) is 19.3 Å². The summed E-state index contributed by atoms with van der Waals surface area (Å²) in [7, 11) is 5.09. The molecule has 0 aromatic carbocycles. The van der Waals surface area contributed by atoms with Crippen LogP contribution < -0.4 is 18.9 Å². The second-order valence-corrected chi connectivity index (χ2v) is 6.11. The van der Waals surface area contributed by atoms with Crippen LogP contribution in [0, 0.1) is 0 Å². The molecule has 0 fully saturated rings. The number of rotatable bonds is 21. The van der Waals surface area contributed by atoms with E-state index in [1.807, 2.05) is 0 Å². The van der Waals surface area contributed by atoms with Crippen LogP contribution in [0.25, 0.3) is 0 Å². The van der Waals surface area contributed by atoms with Gasteiger partial charge in [-0.2, -0.15) is 0 Å². The van der Waals surface area contributed by atoms with Crippen LogP contribution in [-0.2, 0) is 28.4 Å². The van der Waals surface area contributed by atoms with Gasteiger partial charge in [0, 0.05) is 41.2 Å². The third kappa shape index (κ3) is 22.5. The summed E-state index contributed by atoms with van der Waals surface area (Å²) in [6, 6.07) is 0. The minimum atomic E-state index is 0. The molecule has 0 aromatic rings. The van der Waals surface area contributed by atoms with Gasteiger partial charge < -0.3 is 28.4 Å². The fraction of sp³-hybridized carbons (Fsp3) is 1.00. The van der Waals surface area contributed by atoms with Gasteiger partial charge in [0.1, 0.15) is 6.71 Å². The summed E-state index contributed by atoms with van der Waals surface area (Å²) < 4.78 is 31.6. The van der Waals surface area contributed by atoms with Crippen molar-refractivity contribution >= 4 is 6.71 Å². The van der Waals surface area contributed by atoms with Crippen molar-refractivity contribution in [2.75, 3.05) is 80.8 Å². The Hall–Kier alpha value is 0.422. The molecular formula is C18H39BLiO6+. The van der Waals surface area contributed by atoms with E-state index in [1.165, 1.54) is 19.0 Å². The molecule has 0 amide bonds. The van der Waals surface area contributed by atoms with Gasteiger partial charge in [-0.3, -0.25) is 0 Å². The largest absolute Gasteiger partial charge is 1.00 e. The smallest absolute Gasteiger partial charge is 0.382 e. The monoisotopic (exact) mass is 369 g/mol. The van der Waals surface area contributed by atoms with Gasteiger partial charge in [-0.1, -0.05) is 19.0 Å². The first kappa shape index (κ1) is 28.6. The Kier molecular flexibility index (Phi) is 28.0. The third-order valence-corrected chi connectivity index (χ3v) is 4.00. The maximum atomic E-state index is 5.56. The molecule has 0 bridgehead atoms. The minimum absolute atomic E-state index is 0. The molecule has 0 aliphatic rings. The van der Waals surface area contributed by atoms with Crippen LogP contribution in [0.2, 0.25) is 19.0 Å². The molecule has 0 saturated heterocycles. The van der Waals surface area contributed by atoms with Gasteiger partial charge in [0.25, 0.3) is 0 Å². The molecule has 0 heterocycles. The van der Waals surface area contributed by atoms with E-state index in [0.717, 1.165) is 39.1 Å². The SMILES string of the molecule is COCCOCCCB(CCCOCCOC)CCCOCCOC.[Li+]. The average molecular weight is 369 g/mol. The van der Waals surface area contributed by atoms with Crippen LogP contribution >= 0.6 is 0 Å². The molecular weight excluding hydrogens is 330 g/mol. The summed E-state index contributed by atoms with van der Waals surface area (Å²) in [4.78, 5) is 0. The number of hydrogen-bond donors (Lipinski definition) is 0. The molecule has 6 nitrogen and oxygen atoms in total. The van der Waals surface area contributed by atoms with Crippen molar-refractivity contribution in [3.63, 3.8) is 0 Å². The van der Waals surface area contributed by atoms with Crippen molar-refractivity contribution in [2.24, 2.45) is 0 Å². The quantitative estimate of drug-likeness (QED) is 0.204. The average Bonchev–Trinajstić information content (AvgIpc) is 2.63. The Bertz CT molecular complexity index is 214. The molecule has 0 rings (SSSR count). The summed E-state index contributed by atoms with van der Waals surface area (Å²) in [5.41, 5.74) is 0. The summed E-state index contributed by atoms with van der Waals surface area (Å²) in [5, 5.41) is 0. The van der Waals surface area contributed by atoms with E-state index in [4.69, 9.17) is 28.4 Å². The zero-order chi connectivity index (χ0) is 18.4. The predicted molar refractivity (Wildman–Crippen MR) is 102 cm³/mol. The van der Waals surface area contributed by atoms with Gasteiger partial charge in [0.15, 0.2) is 0 Å². The molecule has 26 heavy (non-hydrogen) atoms. The van der Waals surface area contributed by atoms with Crippen molar-refractivity contribution in [1.82, 2.24) is 0 Å². The zero-order valence-corrected chi connectivity index (χ0v) is 17.6. The van der Waals surface area contributed by atoms with E-state index < -0.39 is 0 Å². The summed E-state index contributed by atoms with van der Waals surface area (Å²) in [6.45, 7) is 7.20. The summed E-state index contributed by atoms with van der Waals surface area (Å²) in [6.07, 6.45) is 6.89. The van der Waals surface area contributed by atoms with Gasteiger partial charge >= 0.3 is 18.9 Å². The summed E-state index contributed by atoms with van der Waals surface area (Å²) in [5.74, 6) is 0. The number of methoxy groups -OCH3 is 3. The Balaban J connectivity index is 0. The summed E-state index contributed by atoms with van der Waals surface area (Å²) >= 11 is 0. The predicted octanol–water partition coefficient (Wildman–Crippen LogP) is -0.355. The molecule has 8 heteroatoms. The van der Waals surface area contributed by atoms with Crippen LogP contribution in [0.3, 0.4) is 0 Å². The van der Waals surface area contributed by atoms with E-state index >= 15 is 0 Å². The molecule has 150 valence electrons. The fourth-order valence-corrected chi connectivity index (χ4v) is 2.59. The molecule has 0 N–H and O–H groups in total. The zero-order valence-electron chi connectivity index (χ0n) is 17.6. The van der Waals surface area contributed by atoms with Crippen LogP contribution in [0.4, 0.5) is 0 Å². The van der Waals surface area contributed by atoms with Crippen molar-refractivity contribution in [3.8, 4) is 0 Å². The fourth-order valence-electron chi connectivity index (χ4n) is 2.59. The standard InChI is InChI=1S/C18H39BO6.Li/c1-20-13-16-23-10-4-7-19(8-5-11-24-17-14-21-2)9-6-12-25-18-15-22-3;/h4-18H2,1-3H3;/q;+1. The van der Waals surface area contributed by atoms with Crippen molar-refractivity contribution < 1.29 is 47.3 Å². The maximum absolute atomic E-state index is 5.56. The minimum Gasteiger partial charge on any atom is -0.382 e. The Morgan fingerprint density at radius 2 is 0.769 bits per heavy atom. The molecule has 0 atom stereocenters. The van der Waals surface area contributed by atoms with Gasteiger partial charge in [0.05, 0.1) is 39.6 Å². The Morgan fingerprint density at radius 3 is 1.04 bits per heavy atom. The topological polar surface area (TPSA) is 55.4 Å². The molecule has 0 aromatic heterocycles.